The van der Waals surface area contributed by atoms with Crippen molar-refractivity contribution < 1.29 is 124 Å². The van der Waals surface area contributed by atoms with Crippen LogP contribution in [0.25, 0.3) is 0 Å². The molecule has 5 aliphatic rings. The van der Waals surface area contributed by atoms with Crippen molar-refractivity contribution in [2.24, 2.45) is 0 Å². The summed E-state index contributed by atoms with van der Waals surface area (Å²) in [5.74, 6) is -1.29. The third-order valence-electron chi connectivity index (χ3n) is 11.4. The number of amides is 2. The Balaban J connectivity index is 1.41. The van der Waals surface area contributed by atoms with Crippen LogP contribution in [0.2, 0.25) is 0 Å². The molecule has 25 atom stereocenters. The highest BCUT2D eigenvalue weighted by Gasteiger charge is 2.56. The Morgan fingerprint density at radius 1 is 0.435 bits per heavy atom. The van der Waals surface area contributed by atoms with E-state index in [9.17, 15) is 81.1 Å². The van der Waals surface area contributed by atoms with Crippen molar-refractivity contribution in [2.45, 2.75) is 174 Å². The number of hydrogen-bond acceptors (Lipinski definition) is 25. The minimum absolute atomic E-state index is 0.533. The van der Waals surface area contributed by atoms with E-state index in [2.05, 4.69) is 10.6 Å². The first-order valence-electron chi connectivity index (χ1n) is 19.9. The molecule has 0 spiro atoms. The predicted molar refractivity (Wildman–Crippen MR) is 193 cm³/mol. The summed E-state index contributed by atoms with van der Waals surface area (Å²) in [5, 5.41) is 153. The van der Waals surface area contributed by atoms with Crippen molar-refractivity contribution in [1.29, 1.82) is 0 Å². The second-order valence-corrected chi connectivity index (χ2v) is 15.8. The van der Waals surface area contributed by atoms with E-state index in [0.717, 1.165) is 6.92 Å². The summed E-state index contributed by atoms with van der Waals surface area (Å²) in [6, 6.07) is -2.68. The Labute approximate surface area is 353 Å². The molecule has 16 N–H and O–H groups in total. The predicted octanol–water partition coefficient (Wildman–Crippen LogP) is -10.6. The summed E-state index contributed by atoms with van der Waals surface area (Å²) in [5.41, 5.74) is 0. The van der Waals surface area contributed by atoms with E-state index >= 15 is 0 Å². The van der Waals surface area contributed by atoms with Gasteiger partial charge in [-0.15, -0.1) is 0 Å². The highest BCUT2D eigenvalue weighted by Crippen LogP contribution is 2.35. The van der Waals surface area contributed by atoms with Gasteiger partial charge in [-0.25, -0.2) is 0 Å². The van der Waals surface area contributed by atoms with Gasteiger partial charge in [-0.2, -0.15) is 0 Å². The van der Waals surface area contributed by atoms with Gasteiger partial charge in [-0.05, 0) is 6.92 Å². The monoisotopic (exact) mass is 908 g/mol. The number of carbonyl (C=O) groups is 2. The average Bonchev–Trinajstić information content (AvgIpc) is 3.23. The molecule has 5 aliphatic heterocycles. The maximum Gasteiger partial charge on any atom is 0.217 e. The molecule has 5 heterocycles. The molecule has 0 aromatic carbocycles. The quantitative estimate of drug-likeness (QED) is 0.0725. The van der Waals surface area contributed by atoms with E-state index in [0.29, 0.717) is 0 Å². The van der Waals surface area contributed by atoms with E-state index in [1.54, 1.807) is 0 Å². The normalized spacial score (nSPS) is 49.0. The van der Waals surface area contributed by atoms with E-state index < -0.39 is 198 Å². The summed E-state index contributed by atoms with van der Waals surface area (Å²) < 4.78 is 51.6. The number of ether oxygens (including phenoxy) is 9. The third kappa shape index (κ3) is 11.0. The van der Waals surface area contributed by atoms with E-state index in [1.807, 2.05) is 0 Å². The molecule has 0 aliphatic carbocycles. The largest absolute Gasteiger partial charge is 0.394 e. The summed E-state index contributed by atoms with van der Waals surface area (Å²) in [6.45, 7) is -0.399. The van der Waals surface area contributed by atoms with Gasteiger partial charge in [0, 0.05) is 13.8 Å². The molecule has 2 amide bonds. The van der Waals surface area contributed by atoms with Crippen LogP contribution in [-0.2, 0) is 52.2 Å². The zero-order valence-electron chi connectivity index (χ0n) is 33.7. The van der Waals surface area contributed by atoms with Crippen molar-refractivity contribution in [1.82, 2.24) is 10.6 Å². The highest BCUT2D eigenvalue weighted by molar-refractivity contribution is 5.73. The number of hydrogen-bond donors (Lipinski definition) is 16. The van der Waals surface area contributed by atoms with Crippen LogP contribution in [0.15, 0.2) is 0 Å². The fourth-order valence-corrected chi connectivity index (χ4v) is 7.98. The fraction of sp³-hybridized carbons (Fsp3) is 0.943. The van der Waals surface area contributed by atoms with Crippen molar-refractivity contribution in [3.63, 3.8) is 0 Å². The van der Waals surface area contributed by atoms with Gasteiger partial charge >= 0.3 is 0 Å². The number of rotatable bonds is 15. The molecule has 0 saturated carbocycles. The van der Waals surface area contributed by atoms with Crippen LogP contribution in [0.4, 0.5) is 0 Å². The zero-order chi connectivity index (χ0) is 45.9. The van der Waals surface area contributed by atoms with Gasteiger partial charge in [0.2, 0.25) is 11.8 Å². The van der Waals surface area contributed by atoms with Crippen molar-refractivity contribution in [2.75, 3.05) is 33.0 Å². The number of nitrogens with one attached hydrogen (secondary N) is 2. The van der Waals surface area contributed by atoms with Crippen LogP contribution >= 0.6 is 0 Å². The lowest BCUT2D eigenvalue weighted by atomic mass is 9.92. The van der Waals surface area contributed by atoms with Crippen LogP contribution in [0.5, 0.6) is 0 Å². The Morgan fingerprint density at radius 3 is 1.37 bits per heavy atom. The molecule has 0 bridgehead atoms. The van der Waals surface area contributed by atoms with E-state index in [4.69, 9.17) is 42.6 Å². The van der Waals surface area contributed by atoms with Gasteiger partial charge in [0.05, 0.1) is 45.2 Å². The smallest absolute Gasteiger partial charge is 0.217 e. The average molecular weight is 909 g/mol. The van der Waals surface area contributed by atoms with Gasteiger partial charge in [-0.3, -0.25) is 9.59 Å². The molecular formula is C35H60N2O25. The van der Waals surface area contributed by atoms with Crippen molar-refractivity contribution in [3.8, 4) is 0 Å². The van der Waals surface area contributed by atoms with Crippen LogP contribution in [0.1, 0.15) is 20.8 Å². The summed E-state index contributed by atoms with van der Waals surface area (Å²) in [4.78, 5) is 24.4. The topological polar surface area (TPSA) is 424 Å². The summed E-state index contributed by atoms with van der Waals surface area (Å²) in [7, 11) is 0. The summed E-state index contributed by atoms with van der Waals surface area (Å²) >= 11 is 0. The van der Waals surface area contributed by atoms with Crippen molar-refractivity contribution >= 4 is 11.8 Å². The van der Waals surface area contributed by atoms with Gasteiger partial charge in [-0.1, -0.05) is 0 Å². The van der Waals surface area contributed by atoms with Crippen LogP contribution < -0.4 is 10.6 Å². The Morgan fingerprint density at radius 2 is 0.839 bits per heavy atom. The van der Waals surface area contributed by atoms with Crippen molar-refractivity contribution in [3.05, 3.63) is 0 Å². The van der Waals surface area contributed by atoms with Crippen LogP contribution in [-0.4, -0.2) is 270 Å². The molecule has 0 aromatic rings. The van der Waals surface area contributed by atoms with E-state index in [-0.39, 0.29) is 0 Å². The molecule has 0 radical (unpaired) electrons. The highest BCUT2D eigenvalue weighted by atomic mass is 16.8. The lowest BCUT2D eigenvalue weighted by Gasteiger charge is -2.50. The lowest BCUT2D eigenvalue weighted by Crippen LogP contribution is -2.70. The second-order valence-electron chi connectivity index (χ2n) is 15.8. The SMILES string of the molecule is CC(=O)NC1[C@H](O[C@H]2C(CO)O[C@@H](C)C(NC(C)=O)[C@H]2O)OC(CO)[C@H](O[C@@H]2OC(CO[C@@H]3OC(CO)[C@H](O)[C@H](O)C3O)[C@H](O)[C@H](O[C@@H]3OC(CO)[C@H](O)C(O)C3O)C2O)[C@@H]1O. The molecule has 27 heteroatoms. The molecule has 5 fully saturated rings. The zero-order valence-corrected chi connectivity index (χ0v) is 33.7. The first-order chi connectivity index (χ1) is 29.3. The number of carbonyl (C=O) groups excluding carboxylic acids is 2. The molecule has 360 valence electrons. The Kier molecular flexibility index (Phi) is 18.1. The molecule has 62 heavy (non-hydrogen) atoms. The Hall–Kier alpha value is -1.98. The number of aliphatic hydroxyl groups is 14. The minimum atomic E-state index is -2.16. The fourth-order valence-electron chi connectivity index (χ4n) is 7.98. The molecule has 0 aromatic heterocycles. The van der Waals surface area contributed by atoms with Crippen LogP contribution in [0, 0.1) is 0 Å². The third-order valence-corrected chi connectivity index (χ3v) is 11.4. The van der Waals surface area contributed by atoms with Gasteiger partial charge in [0.25, 0.3) is 0 Å². The van der Waals surface area contributed by atoms with E-state index in [1.165, 1.54) is 13.8 Å². The van der Waals surface area contributed by atoms with Gasteiger partial charge in [0.1, 0.15) is 116 Å². The minimum Gasteiger partial charge on any atom is -0.394 e. The maximum atomic E-state index is 12.5. The Bertz CT molecular complexity index is 1440. The maximum absolute atomic E-state index is 12.5. The molecule has 11 unspecified atom stereocenters. The molecular weight excluding hydrogens is 848 g/mol. The summed E-state index contributed by atoms with van der Waals surface area (Å²) in [6.07, 6.45) is -40.1. The standard InChI is InChI=1S/C35H60N2O25/c1-9-17(36-10(2)42)22(47)29(14(6-40)55-9)60-32-18(37-11(3)43)23(48)30(15(7-41)58-32)61-35-28(53)31(62-34-27(52)25(50)20(45)13(5-39)57-34)21(46)16(59-35)8-54-33-26(51)24(49)19(44)12(4-38)56-33/h9,12-35,38-41,44-53H,4-8H2,1-3H3,(H,36,42)(H,37,43)/t9-,12?,13?,14?,15?,16?,17?,18?,19-,20-,21-,22+,23+,24-,25?,26?,27?,28?,29-,30-,31-,32-,33+,34-,35-/m0/s1. The van der Waals surface area contributed by atoms with Crippen LogP contribution in [0.3, 0.4) is 0 Å². The van der Waals surface area contributed by atoms with Gasteiger partial charge in [0.15, 0.2) is 25.2 Å². The first-order valence-corrected chi connectivity index (χ1v) is 19.9. The molecule has 5 saturated heterocycles. The first kappa shape index (κ1) is 51.0. The lowest BCUT2D eigenvalue weighted by molar-refractivity contribution is -0.383. The molecule has 5 rings (SSSR count). The number of aliphatic hydroxyl groups excluding tert-OH is 14. The van der Waals surface area contributed by atoms with Gasteiger partial charge < -0.3 is 125 Å². The second kappa shape index (κ2) is 22.0. The molecule has 27 nitrogen and oxygen atoms in total.